The summed E-state index contributed by atoms with van der Waals surface area (Å²) in [5.74, 6) is -1.24. The van der Waals surface area contributed by atoms with Crippen molar-refractivity contribution in [1.29, 1.82) is 0 Å². The van der Waals surface area contributed by atoms with Crippen LogP contribution in [0.1, 0.15) is 32.3 Å². The van der Waals surface area contributed by atoms with E-state index in [0.29, 0.717) is 5.56 Å². The molecule has 1 unspecified atom stereocenters. The second-order valence-corrected chi connectivity index (χ2v) is 6.03. The Morgan fingerprint density at radius 1 is 1.52 bits per heavy atom. The lowest BCUT2D eigenvalue weighted by atomic mass is 9.93. The normalized spacial score (nSPS) is 17.6. The Hall–Kier alpha value is -1.62. The molecule has 0 spiro atoms. The van der Waals surface area contributed by atoms with Crippen LogP contribution >= 0.6 is 0 Å². The van der Waals surface area contributed by atoms with E-state index in [4.69, 9.17) is 4.74 Å². The molecule has 1 aliphatic carbocycles. The van der Waals surface area contributed by atoms with Crippen LogP contribution in [0, 0.1) is 18.7 Å². The second kappa shape index (κ2) is 6.02. The highest BCUT2D eigenvalue weighted by Crippen LogP contribution is 2.41. The number of carbonyl (C=O) groups is 1. The quantitative estimate of drug-likeness (QED) is 0.812. The fourth-order valence-electron chi connectivity index (χ4n) is 2.59. The van der Waals surface area contributed by atoms with Gasteiger partial charge < -0.3 is 9.84 Å². The van der Waals surface area contributed by atoms with Gasteiger partial charge in [-0.25, -0.2) is 4.39 Å². The van der Waals surface area contributed by atoms with Crippen molar-refractivity contribution in [2.24, 2.45) is 5.92 Å². The first-order valence-electron chi connectivity index (χ1n) is 7.26. The number of ether oxygens (including phenoxy) is 1. The number of benzene rings is 1. The van der Waals surface area contributed by atoms with Crippen molar-refractivity contribution in [2.75, 3.05) is 6.61 Å². The summed E-state index contributed by atoms with van der Waals surface area (Å²) < 4.78 is 19.5. The largest absolute Gasteiger partial charge is 0.488 e. The Balaban J connectivity index is 2.19. The van der Waals surface area contributed by atoms with Crippen LogP contribution in [0.15, 0.2) is 18.2 Å². The van der Waals surface area contributed by atoms with Gasteiger partial charge in [-0.1, -0.05) is 12.1 Å². The van der Waals surface area contributed by atoms with Gasteiger partial charge in [0.25, 0.3) is 0 Å². The smallest absolute Gasteiger partial charge is 0.327 e. The zero-order valence-corrected chi connectivity index (χ0v) is 12.6. The molecular weight excluding hydrogens is 273 g/mol. The maximum absolute atomic E-state index is 14.0. The molecule has 0 radical (unpaired) electrons. The minimum Gasteiger partial charge on any atom is -0.488 e. The summed E-state index contributed by atoms with van der Waals surface area (Å²) in [6.07, 6.45) is 1.71. The van der Waals surface area contributed by atoms with Crippen molar-refractivity contribution in [3.05, 3.63) is 29.6 Å². The van der Waals surface area contributed by atoms with E-state index in [1.807, 2.05) is 13.8 Å². The molecule has 4 nitrogen and oxygen atoms in total. The lowest BCUT2D eigenvalue weighted by Gasteiger charge is -2.32. The predicted molar refractivity (Wildman–Crippen MR) is 78.0 cm³/mol. The van der Waals surface area contributed by atoms with Crippen LogP contribution in [0.5, 0.6) is 5.75 Å². The van der Waals surface area contributed by atoms with Gasteiger partial charge in [-0.05, 0) is 51.2 Å². The molecule has 2 N–H and O–H groups in total. The van der Waals surface area contributed by atoms with Crippen molar-refractivity contribution >= 4 is 5.97 Å². The topological polar surface area (TPSA) is 58.6 Å². The van der Waals surface area contributed by atoms with Crippen LogP contribution in [0.3, 0.4) is 0 Å². The Morgan fingerprint density at radius 2 is 2.19 bits per heavy atom. The molecule has 0 aromatic heterocycles. The molecular formula is C16H22FNO3. The van der Waals surface area contributed by atoms with E-state index in [0.717, 1.165) is 12.8 Å². The Kier molecular flexibility index (Phi) is 4.52. The lowest BCUT2D eigenvalue weighted by Crippen LogP contribution is -2.60. The Labute approximate surface area is 124 Å². The molecule has 2 rings (SSSR count). The third-order valence-electron chi connectivity index (χ3n) is 3.81. The molecule has 116 valence electrons. The number of aryl methyl sites for hydroxylation is 1. The molecule has 1 atom stereocenters. The summed E-state index contributed by atoms with van der Waals surface area (Å²) >= 11 is 0. The molecule has 0 heterocycles. The molecule has 0 amide bonds. The van der Waals surface area contributed by atoms with E-state index in [1.54, 1.807) is 19.1 Å². The van der Waals surface area contributed by atoms with Gasteiger partial charge in [-0.15, -0.1) is 0 Å². The molecule has 1 fully saturated rings. The van der Waals surface area contributed by atoms with Gasteiger partial charge in [0.15, 0.2) is 17.1 Å². The number of carboxylic acids is 1. The molecule has 1 aliphatic rings. The third kappa shape index (κ3) is 3.35. The summed E-state index contributed by atoms with van der Waals surface area (Å²) in [7, 11) is 0. The fraction of sp³-hybridized carbons (Fsp3) is 0.562. The first-order chi connectivity index (χ1) is 9.86. The zero-order chi connectivity index (χ0) is 15.6. The predicted octanol–water partition coefficient (Wildman–Crippen LogP) is 2.74. The van der Waals surface area contributed by atoms with Gasteiger partial charge in [-0.2, -0.15) is 0 Å². The van der Waals surface area contributed by atoms with Crippen LogP contribution < -0.4 is 10.1 Å². The Morgan fingerprint density at radius 3 is 2.71 bits per heavy atom. The fourth-order valence-corrected chi connectivity index (χ4v) is 2.59. The van der Waals surface area contributed by atoms with Crippen LogP contribution in [-0.4, -0.2) is 29.3 Å². The van der Waals surface area contributed by atoms with Gasteiger partial charge in [0, 0.05) is 6.04 Å². The average molecular weight is 295 g/mol. The third-order valence-corrected chi connectivity index (χ3v) is 3.81. The van der Waals surface area contributed by atoms with Crippen molar-refractivity contribution in [3.63, 3.8) is 0 Å². The average Bonchev–Trinajstić information content (AvgIpc) is 3.22. The van der Waals surface area contributed by atoms with E-state index >= 15 is 0 Å². The number of nitrogens with one attached hydrogen (secondary N) is 1. The summed E-state index contributed by atoms with van der Waals surface area (Å²) in [6.45, 7) is 5.37. The van der Waals surface area contributed by atoms with Crippen LogP contribution in [0.2, 0.25) is 0 Å². The van der Waals surface area contributed by atoms with Crippen molar-refractivity contribution < 1.29 is 19.0 Å². The standard InChI is InChI=1S/C16H22FNO3/c1-10(2)18-16(15(19)20,12-7-8-12)9-21-13-6-4-5-11(3)14(13)17/h4-6,10,12,18H,7-9H2,1-3H3,(H,19,20). The minimum absolute atomic E-state index is 0.00709. The second-order valence-electron chi connectivity index (χ2n) is 6.03. The molecule has 5 heteroatoms. The number of halogens is 1. The van der Waals surface area contributed by atoms with Crippen LogP contribution in [-0.2, 0) is 4.79 Å². The van der Waals surface area contributed by atoms with Crippen molar-refractivity contribution in [1.82, 2.24) is 5.32 Å². The summed E-state index contributed by atoms with van der Waals surface area (Å²) in [5, 5.41) is 12.8. The summed E-state index contributed by atoms with van der Waals surface area (Å²) in [4.78, 5) is 11.8. The number of hydrogen-bond donors (Lipinski definition) is 2. The summed E-state index contributed by atoms with van der Waals surface area (Å²) in [5.41, 5.74) is -0.665. The Bertz CT molecular complexity index is 528. The van der Waals surface area contributed by atoms with Gasteiger partial charge >= 0.3 is 5.97 Å². The van der Waals surface area contributed by atoms with E-state index in [-0.39, 0.29) is 24.3 Å². The number of hydrogen-bond acceptors (Lipinski definition) is 3. The maximum atomic E-state index is 14.0. The van der Waals surface area contributed by atoms with Crippen LogP contribution in [0.25, 0.3) is 0 Å². The zero-order valence-electron chi connectivity index (χ0n) is 12.6. The summed E-state index contributed by atoms with van der Waals surface area (Å²) in [6, 6.07) is 4.88. The van der Waals surface area contributed by atoms with Gasteiger partial charge in [0.1, 0.15) is 6.61 Å². The highest BCUT2D eigenvalue weighted by atomic mass is 19.1. The first kappa shape index (κ1) is 15.8. The van der Waals surface area contributed by atoms with Crippen LogP contribution in [0.4, 0.5) is 4.39 Å². The SMILES string of the molecule is Cc1cccc(OCC(NC(C)C)(C(=O)O)C2CC2)c1F. The molecule has 1 aromatic rings. The van der Waals surface area contributed by atoms with Gasteiger partial charge in [0.05, 0.1) is 0 Å². The van der Waals surface area contributed by atoms with E-state index < -0.39 is 17.3 Å². The van der Waals surface area contributed by atoms with Gasteiger partial charge in [-0.3, -0.25) is 10.1 Å². The molecule has 21 heavy (non-hydrogen) atoms. The molecule has 0 bridgehead atoms. The van der Waals surface area contributed by atoms with Gasteiger partial charge in [0.2, 0.25) is 0 Å². The highest BCUT2D eigenvalue weighted by molar-refractivity contribution is 5.80. The first-order valence-corrected chi connectivity index (χ1v) is 7.26. The molecule has 1 aromatic carbocycles. The van der Waals surface area contributed by atoms with Crippen molar-refractivity contribution in [2.45, 2.75) is 45.2 Å². The van der Waals surface area contributed by atoms with Crippen molar-refractivity contribution in [3.8, 4) is 5.75 Å². The van der Waals surface area contributed by atoms with E-state index in [9.17, 15) is 14.3 Å². The number of carboxylic acid groups (broad SMARTS) is 1. The monoisotopic (exact) mass is 295 g/mol. The van der Waals surface area contributed by atoms with E-state index in [2.05, 4.69) is 5.32 Å². The maximum Gasteiger partial charge on any atom is 0.327 e. The molecule has 1 saturated carbocycles. The molecule has 0 saturated heterocycles. The molecule has 0 aliphatic heterocycles. The number of rotatable bonds is 7. The minimum atomic E-state index is -1.15. The number of aliphatic carboxylic acids is 1. The van der Waals surface area contributed by atoms with E-state index in [1.165, 1.54) is 6.07 Å². The lowest BCUT2D eigenvalue weighted by molar-refractivity contribution is -0.148. The highest BCUT2D eigenvalue weighted by Gasteiger charge is 2.52.